The molecular formula is C22H19F2NO3S. The summed E-state index contributed by atoms with van der Waals surface area (Å²) in [6, 6.07) is 10.7. The largest absolute Gasteiger partial charge is 0.459 e. The highest BCUT2D eigenvalue weighted by Crippen LogP contribution is 2.37. The van der Waals surface area contributed by atoms with Crippen LogP contribution in [-0.2, 0) is 4.74 Å². The number of amides is 1. The van der Waals surface area contributed by atoms with Crippen LogP contribution in [0.5, 0.6) is 0 Å². The highest BCUT2D eigenvalue weighted by molar-refractivity contribution is 7.15. The van der Waals surface area contributed by atoms with Crippen molar-refractivity contribution in [3.8, 4) is 11.1 Å². The molecule has 0 spiro atoms. The number of anilines is 1. The van der Waals surface area contributed by atoms with Gasteiger partial charge in [-0.2, -0.15) is 0 Å². The molecule has 0 saturated heterocycles. The monoisotopic (exact) mass is 415 g/mol. The van der Waals surface area contributed by atoms with Crippen LogP contribution in [-0.4, -0.2) is 18.0 Å². The van der Waals surface area contributed by atoms with Gasteiger partial charge in [0.25, 0.3) is 5.91 Å². The summed E-state index contributed by atoms with van der Waals surface area (Å²) in [5.41, 5.74) is 1.79. The number of carbonyl (C=O) groups excluding carboxylic acids is 2. The number of benzene rings is 2. The van der Waals surface area contributed by atoms with Gasteiger partial charge >= 0.3 is 5.97 Å². The van der Waals surface area contributed by atoms with Gasteiger partial charge in [0.2, 0.25) is 0 Å². The molecule has 29 heavy (non-hydrogen) atoms. The molecule has 0 atom stereocenters. The summed E-state index contributed by atoms with van der Waals surface area (Å²) in [6.45, 7) is 5.35. The number of rotatable bonds is 5. The molecule has 0 saturated carbocycles. The summed E-state index contributed by atoms with van der Waals surface area (Å²) >= 11 is 1.09. The number of esters is 1. The summed E-state index contributed by atoms with van der Waals surface area (Å²) < 4.78 is 33.3. The SMILES string of the molecule is Cc1cccc(-c2csc(NC(=O)c3c(F)cccc3F)c2C(=O)OC(C)C)c1. The highest BCUT2D eigenvalue weighted by Gasteiger charge is 2.25. The lowest BCUT2D eigenvalue weighted by molar-refractivity contribution is 0.0380. The minimum absolute atomic E-state index is 0.152. The lowest BCUT2D eigenvalue weighted by atomic mass is 10.0. The lowest BCUT2D eigenvalue weighted by Crippen LogP contribution is -2.18. The van der Waals surface area contributed by atoms with Crippen LogP contribution in [0.4, 0.5) is 13.8 Å². The van der Waals surface area contributed by atoms with Crippen LogP contribution in [0.3, 0.4) is 0 Å². The van der Waals surface area contributed by atoms with Crippen molar-refractivity contribution >= 4 is 28.2 Å². The maximum Gasteiger partial charge on any atom is 0.342 e. The van der Waals surface area contributed by atoms with E-state index in [-0.39, 0.29) is 16.7 Å². The van der Waals surface area contributed by atoms with Crippen molar-refractivity contribution in [1.82, 2.24) is 0 Å². The molecule has 2 aromatic carbocycles. The Labute approximate surface area is 171 Å². The summed E-state index contributed by atoms with van der Waals surface area (Å²) in [7, 11) is 0. The Morgan fingerprint density at radius 3 is 2.31 bits per heavy atom. The summed E-state index contributed by atoms with van der Waals surface area (Å²) in [5.74, 6) is -3.56. The van der Waals surface area contributed by atoms with Crippen molar-refractivity contribution in [2.45, 2.75) is 26.9 Å². The predicted octanol–water partition coefficient (Wildman–Crippen LogP) is 5.82. The second kappa shape index (κ2) is 8.53. The van der Waals surface area contributed by atoms with Crippen LogP contribution in [0.25, 0.3) is 11.1 Å². The van der Waals surface area contributed by atoms with Crippen molar-refractivity contribution in [2.75, 3.05) is 5.32 Å². The Morgan fingerprint density at radius 1 is 1.03 bits per heavy atom. The van der Waals surface area contributed by atoms with Crippen molar-refractivity contribution < 1.29 is 23.1 Å². The number of hydrogen-bond acceptors (Lipinski definition) is 4. The van der Waals surface area contributed by atoms with Gasteiger partial charge in [-0.1, -0.05) is 35.9 Å². The Hall–Kier alpha value is -3.06. The molecule has 150 valence electrons. The lowest BCUT2D eigenvalue weighted by Gasteiger charge is -2.12. The van der Waals surface area contributed by atoms with Gasteiger partial charge in [0.15, 0.2) is 0 Å². The average molecular weight is 415 g/mol. The van der Waals surface area contributed by atoms with Crippen LogP contribution < -0.4 is 5.32 Å². The maximum absolute atomic E-state index is 14.0. The van der Waals surface area contributed by atoms with Gasteiger partial charge in [-0.25, -0.2) is 13.6 Å². The van der Waals surface area contributed by atoms with E-state index in [0.717, 1.165) is 34.6 Å². The first-order chi connectivity index (χ1) is 13.8. The number of hydrogen-bond donors (Lipinski definition) is 1. The number of aryl methyl sites for hydroxylation is 1. The third-order valence-electron chi connectivity index (χ3n) is 4.08. The molecule has 7 heteroatoms. The van der Waals surface area contributed by atoms with E-state index < -0.39 is 29.1 Å². The fourth-order valence-corrected chi connectivity index (χ4v) is 3.78. The average Bonchev–Trinajstić information content (AvgIpc) is 3.04. The molecule has 1 aromatic heterocycles. The molecule has 1 amide bonds. The fourth-order valence-electron chi connectivity index (χ4n) is 2.83. The van der Waals surface area contributed by atoms with Gasteiger partial charge in [-0.15, -0.1) is 11.3 Å². The zero-order chi connectivity index (χ0) is 21.1. The number of carbonyl (C=O) groups is 2. The van der Waals surface area contributed by atoms with E-state index in [1.165, 1.54) is 6.07 Å². The van der Waals surface area contributed by atoms with Crippen LogP contribution in [0.1, 0.15) is 40.1 Å². The zero-order valence-electron chi connectivity index (χ0n) is 16.1. The van der Waals surface area contributed by atoms with E-state index in [1.54, 1.807) is 19.2 Å². The predicted molar refractivity (Wildman–Crippen MR) is 109 cm³/mol. The molecular weight excluding hydrogens is 396 g/mol. The van der Waals surface area contributed by atoms with Crippen LogP contribution in [0.2, 0.25) is 0 Å². The van der Waals surface area contributed by atoms with Crippen molar-refractivity contribution in [2.24, 2.45) is 0 Å². The zero-order valence-corrected chi connectivity index (χ0v) is 16.9. The molecule has 1 N–H and O–H groups in total. The van der Waals surface area contributed by atoms with E-state index in [0.29, 0.717) is 5.56 Å². The summed E-state index contributed by atoms with van der Waals surface area (Å²) in [6.07, 6.45) is -0.375. The van der Waals surface area contributed by atoms with Crippen LogP contribution >= 0.6 is 11.3 Å². The molecule has 0 aliphatic carbocycles. The molecule has 4 nitrogen and oxygen atoms in total. The van der Waals surface area contributed by atoms with E-state index >= 15 is 0 Å². The van der Waals surface area contributed by atoms with Gasteiger partial charge in [-0.05, 0) is 38.5 Å². The first-order valence-corrected chi connectivity index (χ1v) is 9.80. The van der Waals surface area contributed by atoms with Gasteiger partial charge < -0.3 is 10.1 Å². The molecule has 3 aromatic rings. The minimum atomic E-state index is -0.982. The smallest absolute Gasteiger partial charge is 0.342 e. The van der Waals surface area contributed by atoms with E-state index in [9.17, 15) is 18.4 Å². The molecule has 3 rings (SSSR count). The van der Waals surface area contributed by atoms with Crippen molar-refractivity contribution in [3.63, 3.8) is 0 Å². The third-order valence-corrected chi connectivity index (χ3v) is 4.98. The summed E-state index contributed by atoms with van der Waals surface area (Å²) in [4.78, 5) is 25.3. The number of thiophene rings is 1. The Morgan fingerprint density at radius 2 is 1.69 bits per heavy atom. The second-order valence-corrected chi connectivity index (χ2v) is 7.61. The molecule has 0 fully saturated rings. The first-order valence-electron chi connectivity index (χ1n) is 8.92. The number of halogens is 2. The quantitative estimate of drug-likeness (QED) is 0.534. The maximum atomic E-state index is 14.0. The Kier molecular flexibility index (Phi) is 6.08. The molecule has 0 aliphatic rings. The first kappa shape index (κ1) is 20.7. The van der Waals surface area contributed by atoms with Gasteiger partial charge in [0.1, 0.15) is 27.8 Å². The van der Waals surface area contributed by atoms with Crippen LogP contribution in [0.15, 0.2) is 47.8 Å². The van der Waals surface area contributed by atoms with Gasteiger partial charge in [0.05, 0.1) is 6.10 Å². The number of nitrogens with one attached hydrogen (secondary N) is 1. The van der Waals surface area contributed by atoms with Crippen LogP contribution in [0, 0.1) is 18.6 Å². The molecule has 1 heterocycles. The minimum Gasteiger partial charge on any atom is -0.459 e. The Balaban J connectivity index is 2.05. The standard InChI is InChI=1S/C22H19F2NO3S/c1-12(2)28-22(27)18-15(14-7-4-6-13(3)10-14)11-29-21(18)25-20(26)19-16(23)8-5-9-17(19)24/h4-12H,1-3H3,(H,25,26). The summed E-state index contributed by atoms with van der Waals surface area (Å²) in [5, 5.41) is 4.34. The van der Waals surface area contributed by atoms with Gasteiger partial charge in [-0.3, -0.25) is 4.79 Å². The molecule has 0 radical (unpaired) electrons. The van der Waals surface area contributed by atoms with Crippen molar-refractivity contribution in [3.05, 3.63) is 76.2 Å². The Bertz CT molecular complexity index is 1060. The topological polar surface area (TPSA) is 55.4 Å². The number of ether oxygens (including phenoxy) is 1. The molecule has 0 bridgehead atoms. The molecule has 0 aliphatic heterocycles. The van der Waals surface area contributed by atoms with Crippen molar-refractivity contribution in [1.29, 1.82) is 0 Å². The molecule has 0 unspecified atom stereocenters. The fraction of sp³-hybridized carbons (Fsp3) is 0.182. The highest BCUT2D eigenvalue weighted by atomic mass is 32.1. The normalized spacial score (nSPS) is 10.8. The van der Waals surface area contributed by atoms with E-state index in [2.05, 4.69) is 5.32 Å². The third kappa shape index (κ3) is 4.51. The van der Waals surface area contributed by atoms with Gasteiger partial charge in [0, 0.05) is 10.9 Å². The van der Waals surface area contributed by atoms with E-state index in [4.69, 9.17) is 4.74 Å². The van der Waals surface area contributed by atoms with E-state index in [1.807, 2.05) is 31.2 Å². The second-order valence-electron chi connectivity index (χ2n) is 6.73.